The van der Waals surface area contributed by atoms with E-state index in [1.54, 1.807) is 23.7 Å². The number of aromatic nitrogens is 1. The van der Waals surface area contributed by atoms with Crippen LogP contribution in [-0.2, 0) is 23.5 Å². The fourth-order valence-corrected chi connectivity index (χ4v) is 3.39. The van der Waals surface area contributed by atoms with Crippen LogP contribution in [0.15, 0.2) is 48.7 Å². The van der Waals surface area contributed by atoms with E-state index in [0.717, 1.165) is 22.6 Å². The number of carbonyl (C=O) groups is 1. The Morgan fingerprint density at radius 1 is 1.12 bits per heavy atom. The minimum Gasteiger partial charge on any atom is -0.508 e. The first-order valence-corrected chi connectivity index (χ1v) is 8.67. The number of benzene rings is 2. The molecule has 1 N–H and O–H groups in total. The van der Waals surface area contributed by atoms with Crippen LogP contribution in [0.2, 0.25) is 0 Å². The summed E-state index contributed by atoms with van der Waals surface area (Å²) in [6, 6.07) is 12.3. The molecule has 2 aromatic carbocycles. The Balaban J connectivity index is 2.31. The molecule has 0 saturated carbocycles. The first kappa shape index (κ1) is 16.1. The molecule has 122 valence electrons. The number of carbonyl (C=O) groups excluding carboxylic acids is 1. The van der Waals surface area contributed by atoms with E-state index in [9.17, 15) is 18.3 Å². The largest absolute Gasteiger partial charge is 0.508 e. The van der Waals surface area contributed by atoms with Crippen molar-refractivity contribution in [3.63, 3.8) is 0 Å². The third-order valence-corrected chi connectivity index (χ3v) is 4.53. The van der Waals surface area contributed by atoms with Crippen molar-refractivity contribution < 1.29 is 22.9 Å². The number of nitrogens with zero attached hydrogens (tertiary/aromatic N) is 1. The van der Waals surface area contributed by atoms with Crippen molar-refractivity contribution in [2.75, 3.05) is 0 Å². The van der Waals surface area contributed by atoms with Crippen molar-refractivity contribution in [1.29, 1.82) is 0 Å². The molecule has 3 aromatic rings. The number of aldehydes is 1. The van der Waals surface area contributed by atoms with E-state index in [-0.39, 0.29) is 11.5 Å². The van der Waals surface area contributed by atoms with Gasteiger partial charge in [-0.25, -0.2) is 8.42 Å². The van der Waals surface area contributed by atoms with Crippen LogP contribution in [0.4, 0.5) is 0 Å². The van der Waals surface area contributed by atoms with E-state index in [2.05, 4.69) is 0 Å². The number of hydrogen-bond donors (Lipinski definition) is 2. The molecule has 0 amide bonds. The fraction of sp³-hybridized carbons (Fsp3) is 0.111. The topological polar surface area (TPSA) is 75.3 Å². The highest BCUT2D eigenvalue weighted by Crippen LogP contribution is 2.31. The molecule has 0 fully saturated rings. The van der Waals surface area contributed by atoms with Crippen LogP contribution in [-0.4, -0.2) is 19.8 Å². The molecule has 0 aliphatic heterocycles. The summed E-state index contributed by atoms with van der Waals surface area (Å²) in [7, 11) is -0.806. The maximum Gasteiger partial charge on any atom is 0.253 e. The Morgan fingerprint density at radius 2 is 1.83 bits per heavy atom. The van der Waals surface area contributed by atoms with Gasteiger partial charge in [0, 0.05) is 5.39 Å². The molecule has 24 heavy (non-hydrogen) atoms. The fourth-order valence-electron chi connectivity index (χ4n) is 2.91. The van der Waals surface area contributed by atoms with E-state index in [0.29, 0.717) is 16.8 Å². The summed E-state index contributed by atoms with van der Waals surface area (Å²) >= 11 is 0. The third kappa shape index (κ3) is 3.00. The Hall–Kier alpha value is -2.73. The highest BCUT2D eigenvalue weighted by Gasteiger charge is 2.17. The summed E-state index contributed by atoms with van der Waals surface area (Å²) in [6.45, 7) is 0. The van der Waals surface area contributed by atoms with Gasteiger partial charge < -0.3 is 5.11 Å². The standard InChI is InChI=1S/C18H15NO4S/c1-19-9-17(15-4-2-3-5-16(15)18(19)10-20)13-6-12(11-24(22)23)7-14(21)8-13/h2-10,24H,11H2,1H3/p+1. The van der Waals surface area contributed by atoms with Gasteiger partial charge in [-0.1, -0.05) is 18.2 Å². The van der Waals surface area contributed by atoms with E-state index in [1.807, 2.05) is 30.5 Å². The average molecular weight is 342 g/mol. The van der Waals surface area contributed by atoms with Gasteiger partial charge in [-0.05, 0) is 35.4 Å². The Bertz CT molecular complexity index is 1020. The van der Waals surface area contributed by atoms with Gasteiger partial charge in [0.05, 0.1) is 16.7 Å². The molecule has 0 spiro atoms. The van der Waals surface area contributed by atoms with Crippen LogP contribution in [0.3, 0.4) is 0 Å². The monoisotopic (exact) mass is 342 g/mol. The molecule has 1 aromatic heterocycles. The minimum absolute atomic E-state index is 0.00514. The first-order valence-electron chi connectivity index (χ1n) is 7.31. The zero-order chi connectivity index (χ0) is 17.3. The second-order valence-corrected chi connectivity index (χ2v) is 6.56. The molecule has 0 atom stereocenters. The SMILES string of the molecule is C[n+]1cc(-c2cc(O)cc(C[SH](=O)=O)c2)c2ccccc2c1C=O. The van der Waals surface area contributed by atoms with Crippen LogP contribution in [0.5, 0.6) is 5.75 Å². The first-order chi connectivity index (χ1) is 11.5. The van der Waals surface area contributed by atoms with Crippen molar-refractivity contribution in [3.05, 3.63) is 59.9 Å². The predicted molar refractivity (Wildman–Crippen MR) is 91.6 cm³/mol. The van der Waals surface area contributed by atoms with Crippen molar-refractivity contribution in [2.45, 2.75) is 5.75 Å². The second kappa shape index (κ2) is 6.41. The second-order valence-electron chi connectivity index (χ2n) is 5.58. The van der Waals surface area contributed by atoms with Gasteiger partial charge in [0.25, 0.3) is 5.69 Å². The number of hydrogen-bond acceptors (Lipinski definition) is 4. The number of rotatable bonds is 4. The molecule has 5 nitrogen and oxygen atoms in total. The van der Waals surface area contributed by atoms with Crippen molar-refractivity contribution in [1.82, 2.24) is 0 Å². The van der Waals surface area contributed by atoms with Gasteiger partial charge in [-0.15, -0.1) is 0 Å². The number of phenolic OH excluding ortho intramolecular Hbond substituents is 1. The highest BCUT2D eigenvalue weighted by atomic mass is 32.2. The van der Waals surface area contributed by atoms with E-state index >= 15 is 0 Å². The molecule has 0 unspecified atom stereocenters. The van der Waals surface area contributed by atoms with Crippen LogP contribution in [0.1, 0.15) is 16.1 Å². The molecule has 3 rings (SSSR count). The van der Waals surface area contributed by atoms with Gasteiger partial charge >= 0.3 is 0 Å². The summed E-state index contributed by atoms with van der Waals surface area (Å²) in [4.78, 5) is 11.4. The summed E-state index contributed by atoms with van der Waals surface area (Å²) in [6.07, 6.45) is 2.61. The van der Waals surface area contributed by atoms with Crippen molar-refractivity contribution in [3.8, 4) is 16.9 Å². The van der Waals surface area contributed by atoms with Gasteiger partial charge in [0.2, 0.25) is 6.29 Å². The zero-order valence-electron chi connectivity index (χ0n) is 13.0. The summed E-state index contributed by atoms with van der Waals surface area (Å²) in [5.41, 5.74) is 2.59. The smallest absolute Gasteiger partial charge is 0.253 e. The van der Waals surface area contributed by atoms with Crippen molar-refractivity contribution >= 4 is 27.8 Å². The summed E-state index contributed by atoms with van der Waals surface area (Å²) in [5, 5.41) is 11.6. The lowest BCUT2D eigenvalue weighted by Gasteiger charge is -2.09. The van der Waals surface area contributed by atoms with Gasteiger partial charge in [0.1, 0.15) is 23.5 Å². The van der Waals surface area contributed by atoms with E-state index in [1.165, 1.54) is 6.07 Å². The van der Waals surface area contributed by atoms with Gasteiger partial charge in [-0.3, -0.25) is 4.79 Å². The maximum atomic E-state index is 11.4. The lowest BCUT2D eigenvalue weighted by molar-refractivity contribution is -0.671. The van der Waals surface area contributed by atoms with Gasteiger partial charge in [-0.2, -0.15) is 4.57 Å². The van der Waals surface area contributed by atoms with E-state index < -0.39 is 10.7 Å². The molecular formula is C18H16NO4S+. The molecular weight excluding hydrogens is 326 g/mol. The normalized spacial score (nSPS) is 11.1. The summed E-state index contributed by atoms with van der Waals surface area (Å²) in [5.74, 6) is -0.127. The summed E-state index contributed by atoms with van der Waals surface area (Å²) < 4.78 is 23.7. The molecule has 0 saturated heterocycles. The average Bonchev–Trinajstić information content (AvgIpc) is 2.53. The number of phenols is 1. The number of fused-ring (bicyclic) bond motifs is 1. The molecule has 0 bridgehead atoms. The third-order valence-electron chi connectivity index (χ3n) is 3.91. The van der Waals surface area contributed by atoms with Crippen LogP contribution in [0, 0.1) is 0 Å². The maximum absolute atomic E-state index is 11.4. The molecule has 6 heteroatoms. The number of aryl methyl sites for hydroxylation is 1. The highest BCUT2D eigenvalue weighted by molar-refractivity contribution is 7.71. The van der Waals surface area contributed by atoms with Crippen LogP contribution in [0.25, 0.3) is 21.9 Å². The number of aromatic hydroxyl groups is 1. The van der Waals surface area contributed by atoms with Crippen molar-refractivity contribution in [2.24, 2.45) is 7.05 Å². The Morgan fingerprint density at radius 3 is 2.50 bits per heavy atom. The molecule has 1 heterocycles. The van der Waals surface area contributed by atoms with Crippen LogP contribution < -0.4 is 4.57 Å². The molecule has 0 aliphatic carbocycles. The Kier molecular flexibility index (Phi) is 4.31. The lowest BCUT2D eigenvalue weighted by Crippen LogP contribution is -2.33. The lowest BCUT2D eigenvalue weighted by atomic mass is 9.97. The number of pyridine rings is 1. The number of thiol groups is 1. The van der Waals surface area contributed by atoms with E-state index in [4.69, 9.17) is 0 Å². The minimum atomic E-state index is -2.58. The Labute approximate surface area is 140 Å². The predicted octanol–water partition coefficient (Wildman–Crippen LogP) is 1.96. The zero-order valence-corrected chi connectivity index (χ0v) is 13.9. The molecule has 0 radical (unpaired) electrons. The quantitative estimate of drug-likeness (QED) is 0.432. The van der Waals surface area contributed by atoms with Crippen LogP contribution >= 0.6 is 0 Å². The molecule has 0 aliphatic rings. The van der Waals surface area contributed by atoms with Gasteiger partial charge in [0.15, 0.2) is 6.20 Å².